The molecule has 2 aliphatic heterocycles. The largest absolute Gasteiger partial charge is 0.323 e. The van der Waals surface area contributed by atoms with E-state index in [0.717, 1.165) is 30.8 Å². The van der Waals surface area contributed by atoms with E-state index in [1.165, 1.54) is 11.3 Å². The molecular formula is C15H18N6O2S. The number of thiazole rings is 1. The molecule has 0 saturated carbocycles. The van der Waals surface area contributed by atoms with Crippen molar-refractivity contribution < 1.29 is 9.59 Å². The standard InChI is InChI=1S/C15H18N6O2S/c22-12-4-7-21(11-3-1-2-6-20(11)12)15(23)18-10-9-17-19-13(10)14-16-5-8-24-14/h5,8-9,11H,1-4,6-7H2,(H,17,19)(H,18,23). The molecule has 3 amide bonds. The van der Waals surface area contributed by atoms with Gasteiger partial charge in [-0.15, -0.1) is 11.3 Å². The van der Waals surface area contributed by atoms with E-state index >= 15 is 0 Å². The maximum Gasteiger partial charge on any atom is 0.323 e. The van der Waals surface area contributed by atoms with Gasteiger partial charge in [0.25, 0.3) is 0 Å². The van der Waals surface area contributed by atoms with E-state index in [1.807, 2.05) is 10.3 Å². The Morgan fingerprint density at radius 1 is 1.38 bits per heavy atom. The van der Waals surface area contributed by atoms with E-state index in [1.54, 1.807) is 17.3 Å². The third-order valence-corrected chi connectivity index (χ3v) is 5.30. The monoisotopic (exact) mass is 346 g/mol. The molecule has 9 heteroatoms. The Hall–Kier alpha value is -2.42. The molecule has 0 radical (unpaired) electrons. The number of aromatic nitrogens is 3. The number of amides is 3. The van der Waals surface area contributed by atoms with Crippen molar-refractivity contribution in [2.75, 3.05) is 18.4 Å². The molecule has 2 N–H and O–H groups in total. The van der Waals surface area contributed by atoms with Gasteiger partial charge in [-0.2, -0.15) is 5.10 Å². The molecule has 0 bridgehead atoms. The molecule has 0 aliphatic carbocycles. The summed E-state index contributed by atoms with van der Waals surface area (Å²) in [5, 5.41) is 12.5. The van der Waals surface area contributed by atoms with Crippen LogP contribution in [0.5, 0.6) is 0 Å². The topological polar surface area (TPSA) is 94.2 Å². The van der Waals surface area contributed by atoms with Gasteiger partial charge in [-0.05, 0) is 19.3 Å². The Morgan fingerprint density at radius 2 is 2.29 bits per heavy atom. The lowest BCUT2D eigenvalue weighted by Gasteiger charge is -2.46. The van der Waals surface area contributed by atoms with Gasteiger partial charge in [0.05, 0.1) is 11.9 Å². The SMILES string of the molecule is O=C1CCN(C(=O)Nc2cn[nH]c2-c2nccs2)C2CCCCN12. The number of aromatic amines is 1. The van der Waals surface area contributed by atoms with Crippen molar-refractivity contribution in [1.82, 2.24) is 25.0 Å². The van der Waals surface area contributed by atoms with E-state index in [2.05, 4.69) is 20.5 Å². The van der Waals surface area contributed by atoms with Crippen molar-refractivity contribution in [1.29, 1.82) is 0 Å². The zero-order chi connectivity index (χ0) is 16.5. The van der Waals surface area contributed by atoms with Crippen LogP contribution in [0.4, 0.5) is 10.5 Å². The summed E-state index contributed by atoms with van der Waals surface area (Å²) in [5.41, 5.74) is 1.31. The number of carbonyl (C=O) groups excluding carboxylic acids is 2. The van der Waals surface area contributed by atoms with Gasteiger partial charge in [-0.1, -0.05) is 0 Å². The molecule has 2 fully saturated rings. The molecule has 2 aromatic rings. The molecule has 126 valence electrons. The van der Waals surface area contributed by atoms with Crippen LogP contribution in [0.2, 0.25) is 0 Å². The molecule has 4 rings (SSSR count). The number of anilines is 1. The highest BCUT2D eigenvalue weighted by molar-refractivity contribution is 7.13. The molecule has 0 aromatic carbocycles. The van der Waals surface area contributed by atoms with Crippen LogP contribution in [-0.4, -0.2) is 56.2 Å². The van der Waals surface area contributed by atoms with Crippen LogP contribution >= 0.6 is 11.3 Å². The lowest BCUT2D eigenvalue weighted by atomic mass is 10.0. The number of nitrogens with one attached hydrogen (secondary N) is 2. The van der Waals surface area contributed by atoms with Gasteiger partial charge in [0.15, 0.2) is 0 Å². The van der Waals surface area contributed by atoms with Crippen LogP contribution < -0.4 is 5.32 Å². The molecule has 8 nitrogen and oxygen atoms in total. The molecular weight excluding hydrogens is 328 g/mol. The summed E-state index contributed by atoms with van der Waals surface area (Å²) in [6.45, 7) is 1.19. The van der Waals surface area contributed by atoms with Crippen molar-refractivity contribution in [2.24, 2.45) is 0 Å². The van der Waals surface area contributed by atoms with Crippen LogP contribution in [0.1, 0.15) is 25.7 Å². The van der Waals surface area contributed by atoms with E-state index in [-0.39, 0.29) is 18.1 Å². The van der Waals surface area contributed by atoms with Gasteiger partial charge in [-0.3, -0.25) is 9.89 Å². The summed E-state index contributed by atoms with van der Waals surface area (Å²) >= 11 is 1.48. The summed E-state index contributed by atoms with van der Waals surface area (Å²) in [5.74, 6) is 0.149. The molecule has 2 saturated heterocycles. The zero-order valence-corrected chi connectivity index (χ0v) is 13.9. The molecule has 1 atom stereocenters. The van der Waals surface area contributed by atoms with Gasteiger partial charge < -0.3 is 15.1 Å². The summed E-state index contributed by atoms with van der Waals surface area (Å²) < 4.78 is 0. The summed E-state index contributed by atoms with van der Waals surface area (Å²) in [7, 11) is 0. The fourth-order valence-electron chi connectivity index (χ4n) is 3.35. The number of rotatable bonds is 2. The number of fused-ring (bicyclic) bond motifs is 1. The molecule has 1 unspecified atom stereocenters. The average molecular weight is 346 g/mol. The molecule has 2 aliphatic rings. The molecule has 24 heavy (non-hydrogen) atoms. The number of nitrogens with zero attached hydrogens (tertiary/aromatic N) is 4. The number of hydrogen-bond acceptors (Lipinski definition) is 5. The fraction of sp³-hybridized carbons (Fsp3) is 0.467. The van der Waals surface area contributed by atoms with Crippen LogP contribution in [0.25, 0.3) is 10.7 Å². The predicted molar refractivity (Wildman–Crippen MR) is 89.4 cm³/mol. The number of H-pyrrole nitrogens is 1. The smallest absolute Gasteiger partial charge is 0.322 e. The minimum absolute atomic E-state index is 0.129. The third-order valence-electron chi connectivity index (χ3n) is 4.51. The second-order valence-electron chi connectivity index (χ2n) is 5.93. The first-order valence-corrected chi connectivity index (χ1v) is 8.92. The first-order chi connectivity index (χ1) is 11.7. The number of piperidine rings is 1. The third kappa shape index (κ3) is 2.64. The van der Waals surface area contributed by atoms with Crippen molar-refractivity contribution in [3.8, 4) is 10.7 Å². The Bertz CT molecular complexity index is 743. The summed E-state index contributed by atoms with van der Waals surface area (Å²) in [6.07, 6.45) is 6.43. The van der Waals surface area contributed by atoms with Gasteiger partial charge in [0.1, 0.15) is 16.9 Å². The normalized spacial score (nSPS) is 20.8. The van der Waals surface area contributed by atoms with E-state index in [0.29, 0.717) is 24.3 Å². The van der Waals surface area contributed by atoms with Crippen LogP contribution in [0, 0.1) is 0 Å². The quantitative estimate of drug-likeness (QED) is 0.871. The average Bonchev–Trinajstić information content (AvgIpc) is 3.26. The Labute approximate surface area is 142 Å². The van der Waals surface area contributed by atoms with Crippen molar-refractivity contribution in [3.63, 3.8) is 0 Å². The fourth-order valence-corrected chi connectivity index (χ4v) is 4.00. The van der Waals surface area contributed by atoms with Crippen LogP contribution in [-0.2, 0) is 4.79 Å². The Morgan fingerprint density at radius 3 is 3.12 bits per heavy atom. The summed E-state index contributed by atoms with van der Waals surface area (Å²) in [6, 6.07) is -0.196. The second kappa shape index (κ2) is 6.23. The lowest BCUT2D eigenvalue weighted by molar-refractivity contribution is -0.144. The minimum Gasteiger partial charge on any atom is -0.322 e. The highest BCUT2D eigenvalue weighted by Crippen LogP contribution is 2.29. The van der Waals surface area contributed by atoms with Crippen molar-refractivity contribution >= 4 is 29.0 Å². The maximum atomic E-state index is 12.8. The minimum atomic E-state index is -0.196. The maximum absolute atomic E-state index is 12.8. The van der Waals surface area contributed by atoms with Crippen molar-refractivity contribution in [3.05, 3.63) is 17.8 Å². The van der Waals surface area contributed by atoms with Crippen molar-refractivity contribution in [2.45, 2.75) is 31.8 Å². The summed E-state index contributed by atoms with van der Waals surface area (Å²) in [4.78, 5) is 32.7. The highest BCUT2D eigenvalue weighted by Gasteiger charge is 2.38. The van der Waals surface area contributed by atoms with E-state index < -0.39 is 0 Å². The van der Waals surface area contributed by atoms with Gasteiger partial charge in [0.2, 0.25) is 5.91 Å². The van der Waals surface area contributed by atoms with E-state index in [9.17, 15) is 9.59 Å². The van der Waals surface area contributed by atoms with E-state index in [4.69, 9.17) is 0 Å². The second-order valence-corrected chi connectivity index (χ2v) is 6.83. The Balaban J connectivity index is 1.52. The van der Waals surface area contributed by atoms with Crippen LogP contribution in [0.3, 0.4) is 0 Å². The van der Waals surface area contributed by atoms with Gasteiger partial charge in [0, 0.05) is 31.1 Å². The molecule has 4 heterocycles. The first-order valence-electron chi connectivity index (χ1n) is 8.04. The Kier molecular flexibility index (Phi) is 3.93. The molecule has 2 aromatic heterocycles. The number of carbonyl (C=O) groups is 2. The first kappa shape index (κ1) is 15.1. The number of hydrogen-bond donors (Lipinski definition) is 2. The predicted octanol–water partition coefficient (Wildman–Crippen LogP) is 2.11. The molecule has 0 spiro atoms. The van der Waals surface area contributed by atoms with Crippen LogP contribution in [0.15, 0.2) is 17.8 Å². The number of urea groups is 1. The van der Waals surface area contributed by atoms with Gasteiger partial charge >= 0.3 is 6.03 Å². The van der Waals surface area contributed by atoms with Gasteiger partial charge in [-0.25, -0.2) is 9.78 Å². The lowest BCUT2D eigenvalue weighted by Crippen LogP contribution is -2.60. The highest BCUT2D eigenvalue weighted by atomic mass is 32.1. The zero-order valence-electron chi connectivity index (χ0n) is 13.1.